The van der Waals surface area contributed by atoms with E-state index in [1.165, 1.54) is 6.20 Å². The molecule has 0 saturated carbocycles. The van der Waals surface area contributed by atoms with Crippen LogP contribution < -0.4 is 11.1 Å². The zero-order valence-electron chi connectivity index (χ0n) is 10.00. The van der Waals surface area contributed by atoms with Crippen LogP contribution in [0.3, 0.4) is 0 Å². The number of hydrogen-bond donors (Lipinski definition) is 2. The number of nitrogens with zero attached hydrogens (tertiary/aromatic N) is 2. The number of anilines is 1. The van der Waals surface area contributed by atoms with Crippen molar-refractivity contribution in [3.63, 3.8) is 0 Å². The normalized spacial score (nSPS) is 11.8. The van der Waals surface area contributed by atoms with Crippen molar-refractivity contribution in [2.45, 2.75) is 13.0 Å². The second-order valence-corrected chi connectivity index (χ2v) is 3.95. The van der Waals surface area contributed by atoms with Gasteiger partial charge in [0, 0.05) is 12.4 Å². The van der Waals surface area contributed by atoms with Crippen molar-refractivity contribution in [3.05, 3.63) is 54.1 Å². The topological polar surface area (TPSA) is 80.9 Å². The van der Waals surface area contributed by atoms with Gasteiger partial charge >= 0.3 is 0 Å². The van der Waals surface area contributed by atoms with Crippen molar-refractivity contribution in [2.24, 2.45) is 0 Å². The number of amides is 1. The average Bonchev–Trinajstić information content (AvgIpc) is 2.40. The summed E-state index contributed by atoms with van der Waals surface area (Å²) >= 11 is 0. The first-order valence-electron chi connectivity index (χ1n) is 5.59. The van der Waals surface area contributed by atoms with Crippen LogP contribution in [0.15, 0.2) is 42.9 Å². The van der Waals surface area contributed by atoms with E-state index in [2.05, 4.69) is 15.3 Å². The SMILES string of the molecule is C[C@H](NC(=O)c1ccc(N)cn1)c1ccncc1. The van der Waals surface area contributed by atoms with E-state index in [1.807, 2.05) is 19.1 Å². The molecule has 5 heteroatoms. The Kier molecular flexibility index (Phi) is 3.52. The molecule has 2 rings (SSSR count). The predicted molar refractivity (Wildman–Crippen MR) is 68.8 cm³/mol. The highest BCUT2D eigenvalue weighted by Crippen LogP contribution is 2.11. The summed E-state index contributed by atoms with van der Waals surface area (Å²) in [6, 6.07) is 6.88. The van der Waals surface area contributed by atoms with Crippen molar-refractivity contribution in [2.75, 3.05) is 5.73 Å². The number of carbonyl (C=O) groups is 1. The summed E-state index contributed by atoms with van der Waals surface area (Å²) in [7, 11) is 0. The molecular formula is C13H14N4O. The van der Waals surface area contributed by atoms with Gasteiger partial charge in [0.05, 0.1) is 17.9 Å². The minimum Gasteiger partial charge on any atom is -0.397 e. The van der Waals surface area contributed by atoms with E-state index in [-0.39, 0.29) is 11.9 Å². The molecular weight excluding hydrogens is 228 g/mol. The third kappa shape index (κ3) is 2.82. The molecule has 3 N–H and O–H groups in total. The van der Waals surface area contributed by atoms with Gasteiger partial charge in [-0.3, -0.25) is 9.78 Å². The van der Waals surface area contributed by atoms with Crippen molar-refractivity contribution >= 4 is 11.6 Å². The van der Waals surface area contributed by atoms with Gasteiger partial charge in [-0.05, 0) is 36.8 Å². The molecule has 0 aliphatic heterocycles. The van der Waals surface area contributed by atoms with Crippen LogP contribution in [0, 0.1) is 0 Å². The highest BCUT2D eigenvalue weighted by atomic mass is 16.1. The Hall–Kier alpha value is -2.43. The Morgan fingerprint density at radius 1 is 1.28 bits per heavy atom. The van der Waals surface area contributed by atoms with Gasteiger partial charge in [0.2, 0.25) is 0 Å². The van der Waals surface area contributed by atoms with Gasteiger partial charge in [-0.2, -0.15) is 0 Å². The lowest BCUT2D eigenvalue weighted by Gasteiger charge is -2.13. The first-order valence-corrected chi connectivity index (χ1v) is 5.59. The summed E-state index contributed by atoms with van der Waals surface area (Å²) in [5, 5.41) is 2.86. The quantitative estimate of drug-likeness (QED) is 0.855. The Labute approximate surface area is 105 Å². The van der Waals surface area contributed by atoms with Crippen LogP contribution in [-0.4, -0.2) is 15.9 Å². The highest BCUT2D eigenvalue weighted by Gasteiger charge is 2.11. The zero-order valence-corrected chi connectivity index (χ0v) is 10.00. The van der Waals surface area contributed by atoms with E-state index in [1.54, 1.807) is 24.5 Å². The highest BCUT2D eigenvalue weighted by molar-refractivity contribution is 5.92. The van der Waals surface area contributed by atoms with Crippen LogP contribution in [0.5, 0.6) is 0 Å². The lowest BCUT2D eigenvalue weighted by Crippen LogP contribution is -2.27. The molecule has 0 aliphatic rings. The molecule has 18 heavy (non-hydrogen) atoms. The number of nitrogens with one attached hydrogen (secondary N) is 1. The van der Waals surface area contributed by atoms with Gasteiger partial charge in [-0.15, -0.1) is 0 Å². The number of pyridine rings is 2. The minimum absolute atomic E-state index is 0.0974. The Bertz CT molecular complexity index is 524. The van der Waals surface area contributed by atoms with Crippen LogP contribution in [0.2, 0.25) is 0 Å². The van der Waals surface area contributed by atoms with E-state index in [0.717, 1.165) is 5.56 Å². The standard InChI is InChI=1S/C13H14N4O/c1-9(10-4-6-15-7-5-10)17-13(18)12-3-2-11(14)8-16-12/h2-9H,14H2,1H3,(H,17,18)/t9-/m0/s1. The molecule has 0 aliphatic carbocycles. The van der Waals surface area contributed by atoms with E-state index in [4.69, 9.17) is 5.73 Å². The second-order valence-electron chi connectivity index (χ2n) is 3.95. The number of rotatable bonds is 3. The lowest BCUT2D eigenvalue weighted by atomic mass is 10.1. The van der Waals surface area contributed by atoms with Crippen molar-refractivity contribution in [1.29, 1.82) is 0 Å². The monoisotopic (exact) mass is 242 g/mol. The summed E-state index contributed by atoms with van der Waals surface area (Å²) in [5.74, 6) is -0.223. The van der Waals surface area contributed by atoms with Gasteiger partial charge < -0.3 is 11.1 Å². The number of hydrogen-bond acceptors (Lipinski definition) is 4. The van der Waals surface area contributed by atoms with E-state index >= 15 is 0 Å². The maximum atomic E-state index is 11.9. The predicted octanol–water partition coefficient (Wildman–Crippen LogP) is 1.55. The fourth-order valence-electron chi connectivity index (χ4n) is 1.55. The Morgan fingerprint density at radius 2 is 2.00 bits per heavy atom. The van der Waals surface area contributed by atoms with Crippen LogP contribution >= 0.6 is 0 Å². The largest absolute Gasteiger partial charge is 0.397 e. The third-order valence-electron chi connectivity index (χ3n) is 2.57. The summed E-state index contributed by atoms with van der Waals surface area (Å²) in [5.41, 5.74) is 7.40. The van der Waals surface area contributed by atoms with Crippen LogP contribution in [0.1, 0.15) is 29.0 Å². The molecule has 0 bridgehead atoms. The Morgan fingerprint density at radius 3 is 2.61 bits per heavy atom. The van der Waals surface area contributed by atoms with E-state index in [0.29, 0.717) is 11.4 Å². The fourth-order valence-corrected chi connectivity index (χ4v) is 1.55. The van der Waals surface area contributed by atoms with Crippen LogP contribution in [0.25, 0.3) is 0 Å². The van der Waals surface area contributed by atoms with Gasteiger partial charge in [0.25, 0.3) is 5.91 Å². The summed E-state index contributed by atoms with van der Waals surface area (Å²) in [6.07, 6.45) is 4.85. The van der Waals surface area contributed by atoms with E-state index in [9.17, 15) is 4.79 Å². The van der Waals surface area contributed by atoms with Crippen molar-refractivity contribution in [1.82, 2.24) is 15.3 Å². The van der Waals surface area contributed by atoms with Crippen molar-refractivity contribution in [3.8, 4) is 0 Å². The lowest BCUT2D eigenvalue weighted by molar-refractivity contribution is 0.0935. The summed E-state index contributed by atoms with van der Waals surface area (Å²) < 4.78 is 0. The molecule has 0 saturated heterocycles. The number of aromatic nitrogens is 2. The molecule has 5 nitrogen and oxygen atoms in total. The first kappa shape index (κ1) is 12.0. The second kappa shape index (κ2) is 5.27. The summed E-state index contributed by atoms with van der Waals surface area (Å²) in [4.78, 5) is 19.8. The number of nitrogen functional groups attached to an aromatic ring is 1. The van der Waals surface area contributed by atoms with Crippen LogP contribution in [0.4, 0.5) is 5.69 Å². The van der Waals surface area contributed by atoms with Gasteiger partial charge in [0.15, 0.2) is 0 Å². The molecule has 2 aromatic heterocycles. The Balaban J connectivity index is 2.06. The smallest absolute Gasteiger partial charge is 0.270 e. The third-order valence-corrected chi connectivity index (χ3v) is 2.57. The molecule has 0 fully saturated rings. The average molecular weight is 242 g/mol. The number of nitrogens with two attached hydrogens (primary N) is 1. The van der Waals surface area contributed by atoms with Gasteiger partial charge in [-0.1, -0.05) is 0 Å². The first-order chi connectivity index (χ1) is 8.66. The maximum Gasteiger partial charge on any atom is 0.270 e. The molecule has 2 aromatic rings. The molecule has 0 aromatic carbocycles. The van der Waals surface area contributed by atoms with Gasteiger partial charge in [0.1, 0.15) is 5.69 Å². The van der Waals surface area contributed by atoms with E-state index < -0.39 is 0 Å². The van der Waals surface area contributed by atoms with Crippen molar-refractivity contribution < 1.29 is 4.79 Å². The molecule has 1 amide bonds. The molecule has 1 atom stereocenters. The molecule has 92 valence electrons. The number of carbonyl (C=O) groups excluding carboxylic acids is 1. The molecule has 0 spiro atoms. The zero-order chi connectivity index (χ0) is 13.0. The maximum absolute atomic E-state index is 11.9. The molecule has 0 unspecified atom stereocenters. The summed E-state index contributed by atoms with van der Waals surface area (Å²) in [6.45, 7) is 1.91. The van der Waals surface area contributed by atoms with Crippen LogP contribution in [-0.2, 0) is 0 Å². The molecule has 2 heterocycles. The molecule has 0 radical (unpaired) electrons. The fraction of sp³-hybridized carbons (Fsp3) is 0.154. The minimum atomic E-state index is -0.223. The van der Waals surface area contributed by atoms with Gasteiger partial charge in [-0.25, -0.2) is 4.98 Å².